The van der Waals surface area contributed by atoms with Crippen LogP contribution in [0.5, 0.6) is 5.75 Å². The van der Waals surface area contributed by atoms with Crippen LogP contribution in [0.1, 0.15) is 55.0 Å². The highest BCUT2D eigenvalue weighted by molar-refractivity contribution is 5.77. The molecule has 2 aromatic carbocycles. The normalized spacial score (nSPS) is 14.9. The van der Waals surface area contributed by atoms with Gasteiger partial charge in [-0.15, -0.1) is 0 Å². The van der Waals surface area contributed by atoms with Crippen LogP contribution in [0.2, 0.25) is 0 Å². The van der Waals surface area contributed by atoms with E-state index in [2.05, 4.69) is 22.4 Å². The number of pyridine rings is 1. The van der Waals surface area contributed by atoms with Crippen LogP contribution in [-0.4, -0.2) is 17.0 Å². The van der Waals surface area contributed by atoms with Crippen molar-refractivity contribution in [2.75, 3.05) is 0 Å². The van der Waals surface area contributed by atoms with Crippen molar-refractivity contribution in [3.05, 3.63) is 95.8 Å². The van der Waals surface area contributed by atoms with Gasteiger partial charge in [0.25, 0.3) is 0 Å². The minimum absolute atomic E-state index is 0.0108. The van der Waals surface area contributed by atoms with Crippen LogP contribution in [0.15, 0.2) is 79.0 Å². The highest BCUT2D eigenvalue weighted by Crippen LogP contribution is 2.25. The van der Waals surface area contributed by atoms with Crippen molar-refractivity contribution in [2.45, 2.75) is 50.7 Å². The molecule has 154 valence electrons. The lowest BCUT2D eigenvalue weighted by molar-refractivity contribution is -0.121. The first-order chi connectivity index (χ1) is 14.8. The van der Waals surface area contributed by atoms with Gasteiger partial charge in [-0.1, -0.05) is 48.5 Å². The standard InChI is InChI=1S/C26H28N2O2/c29-25(17-16-20-9-8-14-23(19-20)30-22-12-4-5-13-22)28-26(21-10-2-1-3-11-21)24-15-6-7-18-27-24/h1-3,6-11,14-15,18-19,22,26H,4-5,12-13,16-17H2,(H,28,29). The molecule has 0 bridgehead atoms. The van der Waals surface area contributed by atoms with Crippen LogP contribution >= 0.6 is 0 Å². The molecule has 30 heavy (non-hydrogen) atoms. The molecule has 1 heterocycles. The van der Waals surface area contributed by atoms with Gasteiger partial charge in [0, 0.05) is 12.6 Å². The smallest absolute Gasteiger partial charge is 0.221 e. The number of hydrogen-bond acceptors (Lipinski definition) is 3. The van der Waals surface area contributed by atoms with Gasteiger partial charge in [0.15, 0.2) is 0 Å². The van der Waals surface area contributed by atoms with Crippen molar-refractivity contribution in [3.8, 4) is 5.75 Å². The molecule has 1 saturated carbocycles. The Bertz CT molecular complexity index is 898. The first-order valence-electron chi connectivity index (χ1n) is 10.8. The average molecular weight is 401 g/mol. The SMILES string of the molecule is O=C(CCc1cccc(OC2CCCC2)c1)NC(c1ccccc1)c1ccccn1. The Morgan fingerprint density at radius 2 is 1.80 bits per heavy atom. The zero-order chi connectivity index (χ0) is 20.6. The largest absolute Gasteiger partial charge is 0.490 e. The molecule has 0 saturated heterocycles. The predicted octanol–water partition coefficient (Wildman–Crippen LogP) is 5.24. The third kappa shape index (κ3) is 5.47. The van der Waals surface area contributed by atoms with E-state index in [-0.39, 0.29) is 11.9 Å². The third-order valence-electron chi connectivity index (χ3n) is 5.57. The number of amides is 1. The zero-order valence-electron chi connectivity index (χ0n) is 17.2. The Hall–Kier alpha value is -3.14. The summed E-state index contributed by atoms with van der Waals surface area (Å²) < 4.78 is 6.09. The lowest BCUT2D eigenvalue weighted by Crippen LogP contribution is -2.30. The Morgan fingerprint density at radius 3 is 2.57 bits per heavy atom. The lowest BCUT2D eigenvalue weighted by Gasteiger charge is -2.19. The van der Waals surface area contributed by atoms with Gasteiger partial charge in [-0.25, -0.2) is 0 Å². The molecule has 4 heteroatoms. The minimum Gasteiger partial charge on any atom is -0.490 e. The fraction of sp³-hybridized carbons (Fsp3) is 0.308. The first kappa shape index (κ1) is 20.1. The quantitative estimate of drug-likeness (QED) is 0.562. The number of nitrogens with one attached hydrogen (secondary N) is 1. The second-order valence-electron chi connectivity index (χ2n) is 7.84. The van der Waals surface area contributed by atoms with Gasteiger partial charge in [0.1, 0.15) is 5.75 Å². The number of hydrogen-bond donors (Lipinski definition) is 1. The average Bonchev–Trinajstić information content (AvgIpc) is 3.30. The summed E-state index contributed by atoms with van der Waals surface area (Å²) in [5.41, 5.74) is 2.98. The second-order valence-corrected chi connectivity index (χ2v) is 7.84. The summed E-state index contributed by atoms with van der Waals surface area (Å²) in [5, 5.41) is 3.16. The summed E-state index contributed by atoms with van der Waals surface area (Å²) in [6.07, 6.45) is 7.98. The maximum absolute atomic E-state index is 12.8. The van der Waals surface area contributed by atoms with Gasteiger partial charge in [0.05, 0.1) is 17.8 Å². The minimum atomic E-state index is -0.253. The summed E-state index contributed by atoms with van der Waals surface area (Å²) in [5.74, 6) is 0.923. The van der Waals surface area contributed by atoms with Crippen molar-refractivity contribution < 1.29 is 9.53 Å². The molecule has 4 rings (SSSR count). The van der Waals surface area contributed by atoms with E-state index < -0.39 is 0 Å². The third-order valence-corrected chi connectivity index (χ3v) is 5.57. The highest BCUT2D eigenvalue weighted by Gasteiger charge is 2.18. The van der Waals surface area contributed by atoms with Crippen LogP contribution in [0.25, 0.3) is 0 Å². The fourth-order valence-electron chi connectivity index (χ4n) is 3.98. The van der Waals surface area contributed by atoms with Gasteiger partial charge in [-0.2, -0.15) is 0 Å². The summed E-state index contributed by atoms with van der Waals surface area (Å²) in [7, 11) is 0. The van der Waals surface area contributed by atoms with Crippen LogP contribution in [-0.2, 0) is 11.2 Å². The van der Waals surface area contributed by atoms with Gasteiger partial charge in [-0.3, -0.25) is 9.78 Å². The molecular formula is C26H28N2O2. The van der Waals surface area contributed by atoms with Gasteiger partial charge >= 0.3 is 0 Å². The molecule has 1 aliphatic carbocycles. The molecule has 4 nitrogen and oxygen atoms in total. The van der Waals surface area contributed by atoms with Gasteiger partial charge < -0.3 is 10.1 Å². The topological polar surface area (TPSA) is 51.2 Å². The Morgan fingerprint density at radius 1 is 1.00 bits per heavy atom. The molecular weight excluding hydrogens is 372 g/mol. The predicted molar refractivity (Wildman–Crippen MR) is 118 cm³/mol. The molecule has 0 spiro atoms. The monoisotopic (exact) mass is 400 g/mol. The molecule has 1 unspecified atom stereocenters. The number of aromatic nitrogens is 1. The van der Waals surface area contributed by atoms with Crippen molar-refractivity contribution in [1.82, 2.24) is 10.3 Å². The number of benzene rings is 2. The van der Waals surface area contributed by atoms with E-state index in [1.54, 1.807) is 6.20 Å². The molecule has 0 radical (unpaired) electrons. The molecule has 1 amide bonds. The number of carbonyl (C=O) groups excluding carboxylic acids is 1. The summed E-state index contributed by atoms with van der Waals surface area (Å²) in [6, 6.07) is 23.6. The van der Waals surface area contributed by atoms with Crippen molar-refractivity contribution in [1.29, 1.82) is 0 Å². The van der Waals surface area contributed by atoms with Crippen LogP contribution < -0.4 is 10.1 Å². The van der Waals surface area contributed by atoms with Crippen molar-refractivity contribution in [2.24, 2.45) is 0 Å². The molecule has 3 aromatic rings. The van der Waals surface area contributed by atoms with Crippen LogP contribution in [0.4, 0.5) is 0 Å². The fourth-order valence-corrected chi connectivity index (χ4v) is 3.98. The summed E-state index contributed by atoms with van der Waals surface area (Å²) >= 11 is 0. The molecule has 1 aromatic heterocycles. The van der Waals surface area contributed by atoms with Crippen LogP contribution in [0.3, 0.4) is 0 Å². The van der Waals surface area contributed by atoms with Crippen molar-refractivity contribution >= 4 is 5.91 Å². The Labute approximate surface area is 178 Å². The van der Waals surface area contributed by atoms with E-state index in [4.69, 9.17) is 4.74 Å². The number of carbonyl (C=O) groups is 1. The van der Waals surface area contributed by atoms with E-state index in [0.717, 1.165) is 35.4 Å². The van der Waals surface area contributed by atoms with E-state index in [1.807, 2.05) is 60.7 Å². The molecule has 1 N–H and O–H groups in total. The zero-order valence-corrected chi connectivity index (χ0v) is 17.2. The number of ether oxygens (including phenoxy) is 1. The van der Waals surface area contributed by atoms with Crippen LogP contribution in [0, 0.1) is 0 Å². The van der Waals surface area contributed by atoms with Gasteiger partial charge in [0.2, 0.25) is 5.91 Å². The van der Waals surface area contributed by atoms with E-state index in [9.17, 15) is 4.79 Å². The van der Waals surface area contributed by atoms with E-state index >= 15 is 0 Å². The van der Waals surface area contributed by atoms with Gasteiger partial charge in [-0.05, 0) is 67.5 Å². The number of nitrogens with zero attached hydrogens (tertiary/aromatic N) is 1. The summed E-state index contributed by atoms with van der Waals surface area (Å²) in [4.78, 5) is 17.2. The first-order valence-corrected chi connectivity index (χ1v) is 10.8. The molecule has 1 fully saturated rings. The second kappa shape index (κ2) is 10.1. The maximum atomic E-state index is 12.8. The summed E-state index contributed by atoms with van der Waals surface area (Å²) in [6.45, 7) is 0. The number of rotatable bonds is 8. The highest BCUT2D eigenvalue weighted by atomic mass is 16.5. The molecule has 0 aliphatic heterocycles. The molecule has 1 atom stereocenters. The molecule has 1 aliphatic rings. The number of aryl methyl sites for hydroxylation is 1. The maximum Gasteiger partial charge on any atom is 0.221 e. The lowest BCUT2D eigenvalue weighted by atomic mass is 10.0. The van der Waals surface area contributed by atoms with Crippen molar-refractivity contribution in [3.63, 3.8) is 0 Å². The Kier molecular flexibility index (Phi) is 6.75. The van der Waals surface area contributed by atoms with E-state index in [1.165, 1.54) is 12.8 Å². The van der Waals surface area contributed by atoms with E-state index in [0.29, 0.717) is 18.9 Å². The Balaban J connectivity index is 1.38.